The lowest BCUT2D eigenvalue weighted by molar-refractivity contribution is -0.989. The molecule has 25 heteroatoms. The van der Waals surface area contributed by atoms with Crippen molar-refractivity contribution in [2.45, 2.75) is 11.6 Å². The van der Waals surface area contributed by atoms with Crippen LogP contribution in [0.5, 0.6) is 0 Å². The zero-order valence-electron chi connectivity index (χ0n) is 13.2. The highest BCUT2D eigenvalue weighted by molar-refractivity contribution is 5.22. The third-order valence-corrected chi connectivity index (χ3v) is 2.95. The first-order chi connectivity index (χ1) is 13.7. The Morgan fingerprint density at radius 1 is 0.533 bits per heavy atom. The molecule has 1 aromatic rings. The van der Waals surface area contributed by atoms with E-state index >= 15 is 0 Å². The maximum absolute atomic E-state index is 11.1. The number of nitro groups is 7. The van der Waals surface area contributed by atoms with Crippen LogP contribution in [0.2, 0.25) is 0 Å². The fourth-order valence-corrected chi connectivity index (χ4v) is 1.70. The Balaban J connectivity index is 4.23. The molecule has 0 spiro atoms. The number of hydrogen-bond acceptors (Lipinski definition) is 17. The first-order valence-corrected chi connectivity index (χ1v) is 6.21. The van der Waals surface area contributed by atoms with Crippen LogP contribution in [0.15, 0.2) is 0 Å². The van der Waals surface area contributed by atoms with Gasteiger partial charge in [0.15, 0.2) is 34.6 Å². The van der Waals surface area contributed by atoms with E-state index in [4.69, 9.17) is 0 Å². The van der Waals surface area contributed by atoms with E-state index in [9.17, 15) is 70.8 Å². The van der Waals surface area contributed by atoms with Crippen LogP contribution in [0.4, 0.5) is 5.95 Å². The van der Waals surface area contributed by atoms with Crippen molar-refractivity contribution in [3.8, 4) is 0 Å². The van der Waals surface area contributed by atoms with Crippen molar-refractivity contribution in [2.75, 3.05) is 5.43 Å². The molecule has 25 nitrogen and oxygen atoms in total. The van der Waals surface area contributed by atoms with E-state index in [1.165, 1.54) is 0 Å². The average molecular weight is 439 g/mol. The molecule has 0 fully saturated rings. The van der Waals surface area contributed by atoms with Crippen LogP contribution in [-0.4, -0.2) is 49.5 Å². The summed E-state index contributed by atoms with van der Waals surface area (Å²) in [6.45, 7) is 0. The third kappa shape index (κ3) is 3.07. The summed E-state index contributed by atoms with van der Waals surface area (Å²) in [7, 11) is 0. The summed E-state index contributed by atoms with van der Waals surface area (Å²) < 4.78 is 0. The predicted octanol–water partition coefficient (Wildman–Crippen LogP) is -2.64. The van der Waals surface area contributed by atoms with Crippen LogP contribution in [0.25, 0.3) is 0 Å². The number of hydrazine groups is 1. The number of rotatable bonds is 10. The topological polar surface area (TPSA) is 353 Å². The molecule has 0 aliphatic heterocycles. The van der Waals surface area contributed by atoms with Crippen molar-refractivity contribution in [3.63, 3.8) is 0 Å². The minimum absolute atomic E-state index is 0.888. The Morgan fingerprint density at radius 2 is 0.800 bits per heavy atom. The lowest BCUT2D eigenvalue weighted by atomic mass is 10.3. The summed E-state index contributed by atoms with van der Waals surface area (Å²) in [6.07, 6.45) is 0. The summed E-state index contributed by atoms with van der Waals surface area (Å²) in [5, 5.41) is 75.3. The second-order valence-electron chi connectivity index (χ2n) is 4.49. The Hall–Kier alpha value is -5.39. The standard InChI is InChI=1S/C5HN11O14/c17-10(18)4(11(19)20,12(21)22)1-6-2(8-3(7-1)9-16(29)30)5(13(23)24,14(25)26)15(27)28/h(H,6,7,8,9). The van der Waals surface area contributed by atoms with Gasteiger partial charge in [-0.2, -0.15) is 15.0 Å². The van der Waals surface area contributed by atoms with E-state index in [-0.39, 0.29) is 0 Å². The van der Waals surface area contributed by atoms with Crippen molar-refractivity contribution in [2.24, 2.45) is 0 Å². The molecule has 0 saturated heterocycles. The van der Waals surface area contributed by atoms with Crippen LogP contribution >= 0.6 is 0 Å². The number of anilines is 1. The van der Waals surface area contributed by atoms with E-state index in [0.29, 0.717) is 0 Å². The van der Waals surface area contributed by atoms with E-state index in [1.807, 2.05) is 0 Å². The van der Waals surface area contributed by atoms with Crippen LogP contribution in [0, 0.1) is 70.8 Å². The molecule has 1 N–H and O–H groups in total. The molecule has 0 bridgehead atoms. The van der Waals surface area contributed by atoms with E-state index in [2.05, 4.69) is 15.0 Å². The van der Waals surface area contributed by atoms with Gasteiger partial charge in [-0.15, -0.1) is 0 Å². The van der Waals surface area contributed by atoms with Crippen molar-refractivity contribution < 1.29 is 34.6 Å². The van der Waals surface area contributed by atoms with Crippen molar-refractivity contribution in [1.82, 2.24) is 15.0 Å². The Labute approximate surface area is 156 Å². The minimum atomic E-state index is -4.83. The molecule has 1 rings (SSSR count). The molecule has 1 heterocycles. The maximum Gasteiger partial charge on any atom is 0.763 e. The predicted molar refractivity (Wildman–Crippen MR) is 75.8 cm³/mol. The van der Waals surface area contributed by atoms with Gasteiger partial charge >= 0.3 is 23.2 Å². The highest BCUT2D eigenvalue weighted by Gasteiger charge is 2.80. The van der Waals surface area contributed by atoms with Crippen molar-refractivity contribution in [3.05, 3.63) is 82.4 Å². The first kappa shape index (κ1) is 22.7. The number of hydrogen-bond donors (Lipinski definition) is 1. The molecular weight excluding hydrogens is 438 g/mol. The molecule has 0 unspecified atom stereocenters. The van der Waals surface area contributed by atoms with Gasteiger partial charge in [0.05, 0.1) is 0 Å². The molecule has 30 heavy (non-hydrogen) atoms. The van der Waals surface area contributed by atoms with Gasteiger partial charge in [0.1, 0.15) is 0 Å². The lowest BCUT2D eigenvalue weighted by Gasteiger charge is -2.10. The van der Waals surface area contributed by atoms with Gasteiger partial charge in [0.2, 0.25) is 0 Å². The molecule has 1 aromatic heterocycles. The number of nitrogens with one attached hydrogen (secondary N) is 1. The Morgan fingerprint density at radius 3 is 1.00 bits per heavy atom. The third-order valence-electron chi connectivity index (χ3n) is 2.95. The van der Waals surface area contributed by atoms with Crippen LogP contribution in [-0.2, 0) is 11.6 Å². The average Bonchev–Trinajstić information content (AvgIpc) is 2.52. The fraction of sp³-hybridized carbons (Fsp3) is 0.400. The van der Waals surface area contributed by atoms with Crippen LogP contribution in [0.3, 0.4) is 0 Å². The van der Waals surface area contributed by atoms with Crippen LogP contribution < -0.4 is 5.43 Å². The largest absolute Gasteiger partial charge is 0.763 e. The number of nitrogens with zero attached hydrogens (tertiary/aromatic N) is 10. The molecule has 0 aliphatic carbocycles. The second-order valence-corrected chi connectivity index (χ2v) is 4.49. The van der Waals surface area contributed by atoms with Gasteiger partial charge in [0, 0.05) is 0 Å². The van der Waals surface area contributed by atoms with Gasteiger partial charge in [-0.05, 0) is 0 Å². The molecule has 0 atom stereocenters. The van der Waals surface area contributed by atoms with Gasteiger partial charge in [-0.25, -0.2) is 10.1 Å². The molecule has 0 radical (unpaired) electrons. The van der Waals surface area contributed by atoms with Gasteiger partial charge in [0.25, 0.3) is 5.95 Å². The zero-order chi connectivity index (χ0) is 23.6. The Kier molecular flexibility index (Phi) is 5.53. The SMILES string of the molecule is O=[N+]([O-])Nc1nc(C([N+](=O)[O-])([N+](=O)[O-])[N+](=O)[O-])nc(C([N+](=O)[O-])([N+](=O)[O-])[N+](=O)[O-])n1. The fourth-order valence-electron chi connectivity index (χ4n) is 1.70. The normalized spacial score (nSPS) is 11.2. The summed E-state index contributed by atoms with van der Waals surface area (Å²) >= 11 is 0. The summed E-state index contributed by atoms with van der Waals surface area (Å²) in [5.41, 5.74) is 0.888. The lowest BCUT2D eigenvalue weighted by Crippen LogP contribution is -2.54. The van der Waals surface area contributed by atoms with Crippen molar-refractivity contribution >= 4 is 5.95 Å². The zero-order valence-corrected chi connectivity index (χ0v) is 13.2. The first-order valence-electron chi connectivity index (χ1n) is 6.21. The monoisotopic (exact) mass is 439 g/mol. The summed E-state index contributed by atoms with van der Waals surface area (Å²) in [6, 6.07) is 0. The second kappa shape index (κ2) is 7.32. The van der Waals surface area contributed by atoms with Crippen LogP contribution in [0.1, 0.15) is 11.6 Å². The van der Waals surface area contributed by atoms with E-state index in [1.54, 1.807) is 0 Å². The van der Waals surface area contributed by atoms with E-state index in [0.717, 1.165) is 5.43 Å². The van der Waals surface area contributed by atoms with Crippen molar-refractivity contribution in [1.29, 1.82) is 0 Å². The van der Waals surface area contributed by atoms with Gasteiger partial charge < -0.3 is 0 Å². The molecule has 160 valence electrons. The number of aromatic nitrogens is 3. The molecular formula is C5HN11O14. The highest BCUT2D eigenvalue weighted by Crippen LogP contribution is 2.29. The molecule has 0 amide bonds. The van der Waals surface area contributed by atoms with Gasteiger partial charge in [-0.1, -0.05) is 5.43 Å². The highest BCUT2D eigenvalue weighted by atomic mass is 16.7. The minimum Gasteiger partial charge on any atom is -0.252 e. The summed E-state index contributed by atoms with van der Waals surface area (Å²) in [4.78, 5) is 71.0. The molecule has 0 aromatic carbocycles. The smallest absolute Gasteiger partial charge is 0.252 e. The summed E-state index contributed by atoms with van der Waals surface area (Å²) in [5.74, 6) is -16.2. The Bertz CT molecular complexity index is 862. The van der Waals surface area contributed by atoms with Gasteiger partial charge in [-0.3, -0.25) is 60.7 Å². The van der Waals surface area contributed by atoms with E-state index < -0.39 is 63.7 Å². The maximum atomic E-state index is 11.1. The molecule has 0 saturated carbocycles. The quantitative estimate of drug-likeness (QED) is 0.221. The molecule has 0 aliphatic rings.